The van der Waals surface area contributed by atoms with Gasteiger partial charge in [-0.2, -0.15) is 0 Å². The van der Waals surface area contributed by atoms with Crippen molar-refractivity contribution in [1.82, 2.24) is 10.3 Å². The second kappa shape index (κ2) is 10.5. The van der Waals surface area contributed by atoms with Crippen molar-refractivity contribution in [3.05, 3.63) is 89.3 Å². The highest BCUT2D eigenvalue weighted by atomic mass is 32.1. The predicted octanol–water partition coefficient (Wildman–Crippen LogP) is 5.74. The lowest BCUT2D eigenvalue weighted by atomic mass is 10.0. The molecule has 3 aromatic carbocycles. The van der Waals surface area contributed by atoms with Crippen molar-refractivity contribution < 1.29 is 13.9 Å². The molecule has 0 saturated carbocycles. The molecule has 174 valence electrons. The number of nitrogens with zero attached hydrogens (tertiary/aromatic N) is 1. The third-order valence-corrected chi connectivity index (χ3v) is 5.53. The van der Waals surface area contributed by atoms with E-state index in [-0.39, 0.29) is 17.6 Å². The average molecular weight is 474 g/mol. The first kappa shape index (κ1) is 23.4. The minimum absolute atomic E-state index is 0.119. The van der Waals surface area contributed by atoms with Crippen LogP contribution in [0.1, 0.15) is 42.3 Å². The highest BCUT2D eigenvalue weighted by molar-refractivity contribution is 7.80. The zero-order valence-corrected chi connectivity index (χ0v) is 20.2. The van der Waals surface area contributed by atoms with Crippen LogP contribution in [0.15, 0.2) is 71.1 Å². The Morgan fingerprint density at radius 2 is 1.79 bits per heavy atom. The standard InChI is InChI=1S/C27H27N3O3S/c1-17(2)20-7-11-22(12-8-20)32-16-25(31)30-27(34)28-21-9-5-19(6-10-21)15-26-29-23-14-18(3)4-13-24(23)33-26/h4-14,17H,15-16H2,1-3H3,(H2,28,30,31,34). The van der Waals surface area contributed by atoms with Gasteiger partial charge in [-0.05, 0) is 78.1 Å². The molecular weight excluding hydrogens is 446 g/mol. The summed E-state index contributed by atoms with van der Waals surface area (Å²) in [7, 11) is 0. The van der Waals surface area contributed by atoms with Gasteiger partial charge in [0.1, 0.15) is 11.3 Å². The zero-order chi connectivity index (χ0) is 24.1. The molecule has 1 heterocycles. The second-order valence-electron chi connectivity index (χ2n) is 8.47. The number of fused-ring (bicyclic) bond motifs is 1. The van der Waals surface area contributed by atoms with Gasteiger partial charge in [-0.1, -0.05) is 44.2 Å². The predicted molar refractivity (Wildman–Crippen MR) is 138 cm³/mol. The number of oxazole rings is 1. The average Bonchev–Trinajstić information content (AvgIpc) is 3.20. The molecule has 2 N–H and O–H groups in total. The molecule has 34 heavy (non-hydrogen) atoms. The number of carbonyl (C=O) groups excluding carboxylic acids is 1. The van der Waals surface area contributed by atoms with Crippen LogP contribution in [0.2, 0.25) is 0 Å². The Balaban J connectivity index is 1.25. The van der Waals surface area contributed by atoms with E-state index in [1.54, 1.807) is 0 Å². The lowest BCUT2D eigenvalue weighted by Gasteiger charge is -2.11. The van der Waals surface area contributed by atoms with Crippen molar-refractivity contribution >= 4 is 40.0 Å². The number of rotatable bonds is 7. The third-order valence-electron chi connectivity index (χ3n) is 5.32. The molecule has 4 aromatic rings. The Morgan fingerprint density at radius 1 is 1.06 bits per heavy atom. The summed E-state index contributed by atoms with van der Waals surface area (Å²) >= 11 is 5.25. The topological polar surface area (TPSA) is 76.4 Å². The van der Waals surface area contributed by atoms with E-state index in [2.05, 4.69) is 29.5 Å². The molecule has 6 nitrogen and oxygen atoms in total. The number of anilines is 1. The molecule has 0 radical (unpaired) electrons. The van der Waals surface area contributed by atoms with E-state index < -0.39 is 0 Å². The fraction of sp³-hybridized carbons (Fsp3) is 0.222. The van der Waals surface area contributed by atoms with Gasteiger partial charge in [0, 0.05) is 12.1 Å². The lowest BCUT2D eigenvalue weighted by molar-refractivity contribution is -0.121. The zero-order valence-electron chi connectivity index (χ0n) is 19.4. The van der Waals surface area contributed by atoms with E-state index in [9.17, 15) is 4.79 Å². The fourth-order valence-corrected chi connectivity index (χ4v) is 3.70. The van der Waals surface area contributed by atoms with E-state index >= 15 is 0 Å². The SMILES string of the molecule is Cc1ccc2oc(Cc3ccc(NC(=S)NC(=O)COc4ccc(C(C)C)cc4)cc3)nc2c1. The summed E-state index contributed by atoms with van der Waals surface area (Å²) in [6.07, 6.45) is 0.588. The van der Waals surface area contributed by atoms with Gasteiger partial charge < -0.3 is 14.5 Å². The van der Waals surface area contributed by atoms with E-state index in [4.69, 9.17) is 21.4 Å². The summed E-state index contributed by atoms with van der Waals surface area (Å²) in [4.78, 5) is 16.7. The van der Waals surface area contributed by atoms with E-state index in [0.29, 0.717) is 24.0 Å². The lowest BCUT2D eigenvalue weighted by Crippen LogP contribution is -2.37. The van der Waals surface area contributed by atoms with Crippen LogP contribution >= 0.6 is 12.2 Å². The fourth-order valence-electron chi connectivity index (χ4n) is 3.46. The van der Waals surface area contributed by atoms with Crippen LogP contribution in [0, 0.1) is 6.92 Å². The number of aryl methyl sites for hydroxylation is 1. The maximum Gasteiger partial charge on any atom is 0.264 e. The molecule has 1 aromatic heterocycles. The molecule has 0 fully saturated rings. The van der Waals surface area contributed by atoms with Crippen LogP contribution in [0.3, 0.4) is 0 Å². The summed E-state index contributed by atoms with van der Waals surface area (Å²) in [5.41, 5.74) is 5.85. The number of aromatic nitrogens is 1. The van der Waals surface area contributed by atoms with Crippen molar-refractivity contribution in [1.29, 1.82) is 0 Å². The van der Waals surface area contributed by atoms with Gasteiger partial charge in [-0.15, -0.1) is 0 Å². The molecule has 0 aliphatic carbocycles. The molecule has 7 heteroatoms. The maximum absolute atomic E-state index is 12.2. The Kier molecular flexibility index (Phi) is 7.23. The Bertz CT molecular complexity index is 1300. The quantitative estimate of drug-likeness (QED) is 0.333. The van der Waals surface area contributed by atoms with E-state index in [0.717, 1.165) is 27.9 Å². The molecule has 0 atom stereocenters. The van der Waals surface area contributed by atoms with Crippen molar-refractivity contribution in [2.75, 3.05) is 11.9 Å². The van der Waals surface area contributed by atoms with Gasteiger partial charge in [0.25, 0.3) is 5.91 Å². The van der Waals surface area contributed by atoms with Gasteiger partial charge in [0.2, 0.25) is 0 Å². The van der Waals surface area contributed by atoms with Crippen molar-refractivity contribution in [3.63, 3.8) is 0 Å². The van der Waals surface area contributed by atoms with Crippen molar-refractivity contribution in [3.8, 4) is 5.75 Å². The highest BCUT2D eigenvalue weighted by Crippen LogP contribution is 2.20. The van der Waals surface area contributed by atoms with Crippen LogP contribution in [0.25, 0.3) is 11.1 Å². The van der Waals surface area contributed by atoms with Crippen LogP contribution in [-0.4, -0.2) is 22.6 Å². The normalized spacial score (nSPS) is 10.9. The number of nitrogens with one attached hydrogen (secondary N) is 2. The number of benzene rings is 3. The van der Waals surface area contributed by atoms with Gasteiger partial charge >= 0.3 is 0 Å². The second-order valence-corrected chi connectivity index (χ2v) is 8.88. The third kappa shape index (κ3) is 6.20. The molecule has 0 unspecified atom stereocenters. The summed E-state index contributed by atoms with van der Waals surface area (Å²) in [6.45, 7) is 6.17. The summed E-state index contributed by atoms with van der Waals surface area (Å²) < 4.78 is 11.4. The largest absolute Gasteiger partial charge is 0.484 e. The molecule has 0 bridgehead atoms. The summed E-state index contributed by atoms with van der Waals surface area (Å²) in [6, 6.07) is 21.4. The smallest absolute Gasteiger partial charge is 0.264 e. The molecule has 1 amide bonds. The van der Waals surface area contributed by atoms with Gasteiger partial charge in [-0.3, -0.25) is 10.1 Å². The minimum Gasteiger partial charge on any atom is -0.484 e. The molecule has 0 aliphatic heterocycles. The van der Waals surface area contributed by atoms with Crippen LogP contribution in [0.4, 0.5) is 5.69 Å². The summed E-state index contributed by atoms with van der Waals surface area (Å²) in [5, 5.41) is 5.86. The molecular formula is C27H27N3O3S. The Morgan fingerprint density at radius 3 is 2.50 bits per heavy atom. The van der Waals surface area contributed by atoms with Crippen LogP contribution in [-0.2, 0) is 11.2 Å². The first-order valence-corrected chi connectivity index (χ1v) is 11.5. The van der Waals surface area contributed by atoms with Crippen molar-refractivity contribution in [2.45, 2.75) is 33.1 Å². The Labute approximate surface area is 204 Å². The minimum atomic E-state index is -0.326. The monoisotopic (exact) mass is 473 g/mol. The molecule has 4 rings (SSSR count). The van der Waals surface area contributed by atoms with Gasteiger partial charge in [-0.25, -0.2) is 4.98 Å². The van der Waals surface area contributed by atoms with Crippen LogP contribution < -0.4 is 15.4 Å². The molecule has 0 spiro atoms. The van der Waals surface area contributed by atoms with Crippen LogP contribution in [0.5, 0.6) is 5.75 Å². The molecule has 0 saturated heterocycles. The van der Waals surface area contributed by atoms with E-state index in [1.807, 2.05) is 73.7 Å². The first-order valence-electron chi connectivity index (χ1n) is 11.1. The number of ether oxygens (including phenoxy) is 1. The number of hydrogen-bond acceptors (Lipinski definition) is 5. The maximum atomic E-state index is 12.2. The Hall–Kier alpha value is -3.71. The first-order chi connectivity index (χ1) is 16.4. The summed E-state index contributed by atoms with van der Waals surface area (Å²) in [5.74, 6) is 1.43. The number of thiocarbonyl (C=S) groups is 1. The molecule has 0 aliphatic rings. The van der Waals surface area contributed by atoms with Gasteiger partial charge in [0.05, 0.1) is 0 Å². The van der Waals surface area contributed by atoms with Crippen molar-refractivity contribution in [2.24, 2.45) is 0 Å². The highest BCUT2D eigenvalue weighted by Gasteiger charge is 2.09. The number of carbonyl (C=O) groups is 1. The number of amides is 1. The van der Waals surface area contributed by atoms with Gasteiger partial charge in [0.15, 0.2) is 23.2 Å². The van der Waals surface area contributed by atoms with E-state index in [1.165, 1.54) is 5.56 Å². The number of hydrogen-bond donors (Lipinski definition) is 2.